The molecule has 21 heavy (non-hydrogen) atoms. The summed E-state index contributed by atoms with van der Waals surface area (Å²) in [5.74, 6) is 0.863. The Hall–Kier alpha value is -0.770. The molecule has 0 saturated heterocycles. The minimum Gasteiger partial charge on any atom is -0.383 e. The van der Waals surface area contributed by atoms with Gasteiger partial charge in [-0.05, 0) is 36.8 Å². The van der Waals surface area contributed by atoms with Gasteiger partial charge in [0.1, 0.15) is 0 Å². The summed E-state index contributed by atoms with van der Waals surface area (Å²) in [5, 5.41) is 4.30. The summed E-state index contributed by atoms with van der Waals surface area (Å²) >= 11 is 6.51. The molecule has 1 aliphatic carbocycles. The third-order valence-electron chi connectivity index (χ3n) is 3.85. The van der Waals surface area contributed by atoms with Crippen molar-refractivity contribution in [1.29, 1.82) is 0 Å². The van der Waals surface area contributed by atoms with Crippen LogP contribution in [0.4, 0.5) is 5.69 Å². The van der Waals surface area contributed by atoms with Crippen molar-refractivity contribution in [3.05, 3.63) is 28.8 Å². The third-order valence-corrected chi connectivity index (χ3v) is 4.16. The Morgan fingerprint density at radius 1 is 1.38 bits per heavy atom. The van der Waals surface area contributed by atoms with Crippen molar-refractivity contribution in [2.24, 2.45) is 5.92 Å². The molecule has 0 heterocycles. The van der Waals surface area contributed by atoms with Gasteiger partial charge in [-0.2, -0.15) is 0 Å². The highest BCUT2D eigenvalue weighted by atomic mass is 35.5. The van der Waals surface area contributed by atoms with Gasteiger partial charge in [0.15, 0.2) is 0 Å². The molecule has 0 aliphatic heterocycles. The molecule has 3 nitrogen and oxygen atoms in total. The van der Waals surface area contributed by atoms with Crippen LogP contribution in [0.3, 0.4) is 0 Å². The molecule has 0 radical (unpaired) electrons. The highest BCUT2D eigenvalue weighted by Gasteiger charge is 2.26. The molecule has 2 rings (SSSR count). The normalized spacial score (nSPS) is 14.4. The van der Waals surface area contributed by atoms with Gasteiger partial charge in [0.25, 0.3) is 0 Å². The first-order valence-electron chi connectivity index (χ1n) is 7.98. The Morgan fingerprint density at radius 3 is 2.86 bits per heavy atom. The number of hydrogen-bond donors (Lipinski definition) is 1. The second-order valence-corrected chi connectivity index (χ2v) is 6.21. The average Bonchev–Trinajstić information content (AvgIpc) is 3.27. The summed E-state index contributed by atoms with van der Waals surface area (Å²) in [6.07, 6.45) is 3.88. The highest BCUT2D eigenvalue weighted by Crippen LogP contribution is 2.35. The van der Waals surface area contributed by atoms with Gasteiger partial charge >= 0.3 is 0 Å². The Bertz CT molecular complexity index is 435. The van der Waals surface area contributed by atoms with Crippen molar-refractivity contribution in [3.8, 4) is 0 Å². The Labute approximate surface area is 133 Å². The van der Waals surface area contributed by atoms with Gasteiger partial charge in [-0.25, -0.2) is 0 Å². The molecule has 1 fully saturated rings. The van der Waals surface area contributed by atoms with E-state index in [9.17, 15) is 0 Å². The molecule has 1 aliphatic rings. The summed E-state index contributed by atoms with van der Waals surface area (Å²) in [7, 11) is 1.73. The topological polar surface area (TPSA) is 24.5 Å². The third kappa shape index (κ3) is 5.17. The number of nitrogens with zero attached hydrogens (tertiary/aromatic N) is 1. The molecule has 0 spiro atoms. The van der Waals surface area contributed by atoms with Crippen molar-refractivity contribution < 1.29 is 4.74 Å². The van der Waals surface area contributed by atoms with E-state index in [1.165, 1.54) is 24.1 Å². The van der Waals surface area contributed by atoms with Crippen LogP contribution in [0.1, 0.15) is 31.7 Å². The number of rotatable bonds is 10. The molecule has 1 aromatic carbocycles. The molecule has 0 bridgehead atoms. The lowest BCUT2D eigenvalue weighted by atomic mass is 10.1. The molecule has 0 amide bonds. The lowest BCUT2D eigenvalue weighted by Crippen LogP contribution is -2.29. The Morgan fingerprint density at radius 2 is 2.19 bits per heavy atom. The molecule has 1 aromatic rings. The second kappa shape index (κ2) is 8.62. The predicted octanol–water partition coefficient (Wildman–Crippen LogP) is 3.70. The first-order chi connectivity index (χ1) is 10.3. The number of benzene rings is 1. The second-order valence-electron chi connectivity index (χ2n) is 5.81. The van der Waals surface area contributed by atoms with E-state index < -0.39 is 0 Å². The van der Waals surface area contributed by atoms with E-state index in [0.29, 0.717) is 0 Å². The maximum Gasteiger partial charge on any atom is 0.0642 e. The molecule has 0 aromatic heterocycles. The van der Waals surface area contributed by atoms with Crippen LogP contribution in [0.15, 0.2) is 18.2 Å². The van der Waals surface area contributed by atoms with E-state index in [4.69, 9.17) is 16.3 Å². The average molecular weight is 311 g/mol. The van der Waals surface area contributed by atoms with E-state index in [0.717, 1.165) is 50.1 Å². The van der Waals surface area contributed by atoms with Crippen molar-refractivity contribution in [2.75, 3.05) is 38.3 Å². The largest absolute Gasteiger partial charge is 0.383 e. The van der Waals surface area contributed by atoms with Gasteiger partial charge < -0.3 is 15.0 Å². The Kier molecular flexibility index (Phi) is 6.81. The van der Waals surface area contributed by atoms with Crippen LogP contribution in [0.5, 0.6) is 0 Å². The minimum atomic E-state index is 0.733. The predicted molar refractivity (Wildman–Crippen MR) is 90.3 cm³/mol. The number of halogens is 1. The lowest BCUT2D eigenvalue weighted by molar-refractivity contribution is 0.199. The monoisotopic (exact) mass is 310 g/mol. The van der Waals surface area contributed by atoms with Crippen LogP contribution in [-0.2, 0) is 11.3 Å². The van der Waals surface area contributed by atoms with Crippen LogP contribution in [0.2, 0.25) is 5.02 Å². The van der Waals surface area contributed by atoms with Crippen molar-refractivity contribution in [2.45, 2.75) is 32.7 Å². The SMILES string of the molecule is CCCN(CC1CC1)c1c(Cl)cccc1CNCCOC. The van der Waals surface area contributed by atoms with E-state index in [1.807, 2.05) is 12.1 Å². The fourth-order valence-electron chi connectivity index (χ4n) is 2.63. The molecule has 118 valence electrons. The van der Waals surface area contributed by atoms with Crippen LogP contribution in [-0.4, -0.2) is 33.4 Å². The van der Waals surface area contributed by atoms with Crippen LogP contribution >= 0.6 is 11.6 Å². The molecule has 1 saturated carbocycles. The van der Waals surface area contributed by atoms with E-state index in [1.54, 1.807) is 7.11 Å². The number of para-hydroxylation sites is 1. The van der Waals surface area contributed by atoms with Gasteiger partial charge in [0, 0.05) is 33.3 Å². The first kappa shape index (κ1) is 16.6. The van der Waals surface area contributed by atoms with Crippen molar-refractivity contribution in [1.82, 2.24) is 5.32 Å². The molecule has 1 N–H and O–H groups in total. The molecule has 4 heteroatoms. The van der Waals surface area contributed by atoms with Gasteiger partial charge in [-0.3, -0.25) is 0 Å². The van der Waals surface area contributed by atoms with Gasteiger partial charge in [0.2, 0.25) is 0 Å². The van der Waals surface area contributed by atoms with Crippen LogP contribution in [0.25, 0.3) is 0 Å². The first-order valence-corrected chi connectivity index (χ1v) is 8.36. The summed E-state index contributed by atoms with van der Waals surface area (Å²) in [5.41, 5.74) is 2.51. The molecular weight excluding hydrogens is 284 g/mol. The van der Waals surface area contributed by atoms with Crippen molar-refractivity contribution >= 4 is 17.3 Å². The maximum atomic E-state index is 6.51. The lowest BCUT2D eigenvalue weighted by Gasteiger charge is -2.28. The number of ether oxygens (including phenoxy) is 1. The van der Waals surface area contributed by atoms with Crippen LogP contribution in [0, 0.1) is 5.92 Å². The zero-order valence-corrected chi connectivity index (χ0v) is 14.0. The Balaban J connectivity index is 2.09. The summed E-state index contributed by atoms with van der Waals surface area (Å²) in [6, 6.07) is 6.22. The van der Waals surface area contributed by atoms with Gasteiger partial charge in [-0.1, -0.05) is 30.7 Å². The number of hydrogen-bond acceptors (Lipinski definition) is 3. The fourth-order valence-corrected chi connectivity index (χ4v) is 2.94. The van der Waals surface area contributed by atoms with Crippen LogP contribution < -0.4 is 10.2 Å². The van der Waals surface area contributed by atoms with E-state index in [2.05, 4.69) is 23.2 Å². The standard InChI is InChI=1S/C17H27ClN2O/c1-3-10-20(13-14-7-8-14)17-15(5-4-6-16(17)18)12-19-9-11-21-2/h4-6,14,19H,3,7-13H2,1-2H3. The summed E-state index contributed by atoms with van der Waals surface area (Å²) in [4.78, 5) is 2.48. The number of methoxy groups -OCH3 is 1. The molecule has 0 unspecified atom stereocenters. The minimum absolute atomic E-state index is 0.733. The summed E-state index contributed by atoms with van der Waals surface area (Å²) < 4.78 is 5.08. The quantitative estimate of drug-likeness (QED) is 0.667. The van der Waals surface area contributed by atoms with E-state index >= 15 is 0 Å². The van der Waals surface area contributed by atoms with E-state index in [-0.39, 0.29) is 0 Å². The molecular formula is C17H27ClN2O. The zero-order chi connectivity index (χ0) is 15.1. The highest BCUT2D eigenvalue weighted by molar-refractivity contribution is 6.33. The van der Waals surface area contributed by atoms with Crippen molar-refractivity contribution in [3.63, 3.8) is 0 Å². The zero-order valence-electron chi connectivity index (χ0n) is 13.2. The molecule has 0 atom stereocenters. The van der Waals surface area contributed by atoms with Gasteiger partial charge in [-0.15, -0.1) is 0 Å². The number of anilines is 1. The fraction of sp³-hybridized carbons (Fsp3) is 0.647. The van der Waals surface area contributed by atoms with Gasteiger partial charge in [0.05, 0.1) is 17.3 Å². The maximum absolute atomic E-state index is 6.51. The smallest absolute Gasteiger partial charge is 0.0642 e. The summed E-state index contributed by atoms with van der Waals surface area (Å²) in [6.45, 7) is 6.88. The number of nitrogens with one attached hydrogen (secondary N) is 1.